The molecule has 2 aliphatic rings. The minimum Gasteiger partial charge on any atom is -0.395 e. The number of rotatable bonds is 3. The van der Waals surface area contributed by atoms with E-state index in [9.17, 15) is 9.50 Å². The molecule has 2 aromatic rings. The second-order valence-corrected chi connectivity index (χ2v) is 7.68. The van der Waals surface area contributed by atoms with Gasteiger partial charge in [-0.3, -0.25) is 4.90 Å². The monoisotopic (exact) mass is 354 g/mol. The summed E-state index contributed by atoms with van der Waals surface area (Å²) >= 11 is 0. The molecule has 138 valence electrons. The molecule has 1 N–H and O–H groups in total. The van der Waals surface area contributed by atoms with Crippen LogP contribution in [0.25, 0.3) is 11.1 Å². The van der Waals surface area contributed by atoms with E-state index in [0.29, 0.717) is 12.0 Å². The fourth-order valence-corrected chi connectivity index (χ4v) is 4.65. The second kappa shape index (κ2) is 7.47. The molecule has 0 bridgehead atoms. The molecule has 4 rings (SSSR count). The Morgan fingerprint density at radius 2 is 1.58 bits per heavy atom. The van der Waals surface area contributed by atoms with Crippen molar-refractivity contribution in [2.24, 2.45) is 0 Å². The van der Waals surface area contributed by atoms with Gasteiger partial charge in [-0.25, -0.2) is 4.39 Å². The topological polar surface area (TPSA) is 26.7 Å². The van der Waals surface area contributed by atoms with Crippen LogP contribution in [0, 0.1) is 5.82 Å². The zero-order valence-corrected chi connectivity index (χ0v) is 15.3. The number of likely N-dealkylation sites (N-methyl/N-ethyl adjacent to an activating group) is 1. The SMILES string of the molecule is CN1CCCCN2[C@H](CO)[C@H](c3ccc(-c4ccc(F)cc4)cc3)[C@H]2C1. The molecule has 0 unspecified atom stereocenters. The Balaban J connectivity index is 1.56. The normalized spacial score (nSPS) is 27.3. The van der Waals surface area contributed by atoms with Crippen LogP contribution < -0.4 is 0 Å². The van der Waals surface area contributed by atoms with Gasteiger partial charge in [-0.05, 0) is 61.8 Å². The lowest BCUT2D eigenvalue weighted by Crippen LogP contribution is -2.67. The smallest absolute Gasteiger partial charge is 0.123 e. The highest BCUT2D eigenvalue weighted by Crippen LogP contribution is 2.42. The number of nitrogens with zero attached hydrogens (tertiary/aromatic N) is 2. The maximum Gasteiger partial charge on any atom is 0.123 e. The maximum atomic E-state index is 13.1. The summed E-state index contributed by atoms with van der Waals surface area (Å²) in [6, 6.07) is 15.9. The van der Waals surface area contributed by atoms with Crippen LogP contribution in [0.4, 0.5) is 4.39 Å². The maximum absolute atomic E-state index is 13.1. The Hall–Kier alpha value is -1.75. The van der Waals surface area contributed by atoms with E-state index < -0.39 is 0 Å². The third-order valence-electron chi connectivity index (χ3n) is 6.05. The number of halogens is 1. The minimum atomic E-state index is -0.209. The molecule has 2 aliphatic heterocycles. The standard InChI is InChI=1S/C22H27FN2O/c1-24-12-2-3-13-25-20(14-24)22(21(25)15-26)18-6-4-16(5-7-18)17-8-10-19(23)11-9-17/h4-11,20-22,26H,2-3,12-15H2,1H3/t20-,21-,22-/m1/s1. The van der Waals surface area contributed by atoms with E-state index in [1.54, 1.807) is 0 Å². The predicted octanol–water partition coefficient (Wildman–Crippen LogP) is 3.35. The molecular formula is C22H27FN2O. The molecule has 26 heavy (non-hydrogen) atoms. The lowest BCUT2D eigenvalue weighted by atomic mass is 9.74. The van der Waals surface area contributed by atoms with Crippen LogP contribution in [0.3, 0.4) is 0 Å². The largest absolute Gasteiger partial charge is 0.395 e. The van der Waals surface area contributed by atoms with Gasteiger partial charge in [-0.15, -0.1) is 0 Å². The van der Waals surface area contributed by atoms with Crippen LogP contribution in [0.1, 0.15) is 24.3 Å². The summed E-state index contributed by atoms with van der Waals surface area (Å²) in [4.78, 5) is 4.92. The molecule has 0 amide bonds. The Morgan fingerprint density at radius 1 is 0.962 bits per heavy atom. The number of aliphatic hydroxyl groups is 1. The van der Waals surface area contributed by atoms with Crippen molar-refractivity contribution in [2.75, 3.05) is 33.3 Å². The first-order chi connectivity index (χ1) is 12.7. The zero-order valence-electron chi connectivity index (χ0n) is 15.3. The van der Waals surface area contributed by atoms with Gasteiger partial charge in [0.05, 0.1) is 6.61 Å². The van der Waals surface area contributed by atoms with Crippen molar-refractivity contribution in [3.8, 4) is 11.1 Å². The number of benzene rings is 2. The van der Waals surface area contributed by atoms with Gasteiger partial charge in [0, 0.05) is 24.5 Å². The van der Waals surface area contributed by atoms with Crippen molar-refractivity contribution in [2.45, 2.75) is 30.8 Å². The quantitative estimate of drug-likeness (QED) is 0.916. The van der Waals surface area contributed by atoms with Crippen LogP contribution in [0.2, 0.25) is 0 Å². The first kappa shape index (κ1) is 17.7. The molecule has 0 aromatic heterocycles. The highest BCUT2D eigenvalue weighted by molar-refractivity contribution is 5.63. The Labute approximate surface area is 155 Å². The number of hydrogen-bond donors (Lipinski definition) is 1. The van der Waals surface area contributed by atoms with Gasteiger partial charge in [0.1, 0.15) is 5.82 Å². The van der Waals surface area contributed by atoms with E-state index in [2.05, 4.69) is 41.1 Å². The molecule has 0 saturated carbocycles. The van der Waals surface area contributed by atoms with E-state index in [0.717, 1.165) is 30.8 Å². The lowest BCUT2D eigenvalue weighted by molar-refractivity contribution is -0.0614. The lowest BCUT2D eigenvalue weighted by Gasteiger charge is -2.57. The summed E-state index contributed by atoms with van der Waals surface area (Å²) in [6.45, 7) is 3.52. The van der Waals surface area contributed by atoms with Crippen molar-refractivity contribution in [1.29, 1.82) is 0 Å². The fourth-order valence-electron chi connectivity index (χ4n) is 4.65. The summed E-state index contributed by atoms with van der Waals surface area (Å²) in [7, 11) is 2.20. The van der Waals surface area contributed by atoms with E-state index in [1.165, 1.54) is 30.5 Å². The summed E-state index contributed by atoms with van der Waals surface area (Å²) in [5.74, 6) is 0.168. The summed E-state index contributed by atoms with van der Waals surface area (Å²) in [6.07, 6.45) is 2.43. The van der Waals surface area contributed by atoms with Crippen molar-refractivity contribution in [3.63, 3.8) is 0 Å². The van der Waals surface area contributed by atoms with E-state index >= 15 is 0 Å². The predicted molar refractivity (Wildman–Crippen MR) is 103 cm³/mol. The first-order valence-electron chi connectivity index (χ1n) is 9.58. The highest BCUT2D eigenvalue weighted by atomic mass is 19.1. The molecular weight excluding hydrogens is 327 g/mol. The highest BCUT2D eigenvalue weighted by Gasteiger charge is 2.48. The van der Waals surface area contributed by atoms with Crippen LogP contribution in [0.5, 0.6) is 0 Å². The van der Waals surface area contributed by atoms with Crippen LogP contribution in [0.15, 0.2) is 48.5 Å². The molecule has 2 aromatic carbocycles. The van der Waals surface area contributed by atoms with Crippen LogP contribution >= 0.6 is 0 Å². The number of hydrogen-bond acceptors (Lipinski definition) is 3. The summed E-state index contributed by atoms with van der Waals surface area (Å²) < 4.78 is 13.1. The second-order valence-electron chi connectivity index (χ2n) is 7.68. The number of aliphatic hydroxyl groups excluding tert-OH is 1. The van der Waals surface area contributed by atoms with Crippen molar-refractivity contribution < 1.29 is 9.50 Å². The van der Waals surface area contributed by atoms with Crippen molar-refractivity contribution in [3.05, 3.63) is 59.9 Å². The Morgan fingerprint density at radius 3 is 2.23 bits per heavy atom. The molecule has 2 fully saturated rings. The average molecular weight is 354 g/mol. The molecule has 2 heterocycles. The summed E-state index contributed by atoms with van der Waals surface area (Å²) in [5.41, 5.74) is 3.42. The molecule has 2 saturated heterocycles. The van der Waals surface area contributed by atoms with Gasteiger partial charge in [0.15, 0.2) is 0 Å². The first-order valence-corrected chi connectivity index (χ1v) is 9.58. The van der Waals surface area contributed by atoms with E-state index in [4.69, 9.17) is 0 Å². The Bertz CT molecular complexity index is 731. The van der Waals surface area contributed by atoms with Gasteiger partial charge in [0.2, 0.25) is 0 Å². The minimum absolute atomic E-state index is 0.209. The van der Waals surface area contributed by atoms with Crippen molar-refractivity contribution in [1.82, 2.24) is 9.80 Å². The van der Waals surface area contributed by atoms with E-state index in [-0.39, 0.29) is 18.5 Å². The zero-order chi connectivity index (χ0) is 18.1. The third-order valence-corrected chi connectivity index (χ3v) is 6.05. The number of fused-ring (bicyclic) bond motifs is 1. The van der Waals surface area contributed by atoms with Crippen LogP contribution in [-0.4, -0.2) is 60.3 Å². The Kier molecular flexibility index (Phi) is 5.07. The van der Waals surface area contributed by atoms with Gasteiger partial charge in [0.25, 0.3) is 0 Å². The van der Waals surface area contributed by atoms with Gasteiger partial charge >= 0.3 is 0 Å². The molecule has 3 atom stereocenters. The molecule has 3 nitrogen and oxygen atoms in total. The van der Waals surface area contributed by atoms with Gasteiger partial charge < -0.3 is 10.0 Å². The molecule has 0 radical (unpaired) electrons. The molecule has 0 aliphatic carbocycles. The molecule has 0 spiro atoms. The molecule has 4 heteroatoms. The van der Waals surface area contributed by atoms with Gasteiger partial charge in [-0.2, -0.15) is 0 Å². The summed E-state index contributed by atoms with van der Waals surface area (Å²) in [5, 5.41) is 9.95. The van der Waals surface area contributed by atoms with E-state index in [1.807, 2.05) is 12.1 Å². The van der Waals surface area contributed by atoms with Crippen molar-refractivity contribution >= 4 is 0 Å². The average Bonchev–Trinajstić information content (AvgIpc) is 2.64. The van der Waals surface area contributed by atoms with Crippen LogP contribution in [-0.2, 0) is 0 Å². The van der Waals surface area contributed by atoms with Gasteiger partial charge in [-0.1, -0.05) is 36.4 Å². The third kappa shape index (κ3) is 3.29. The fraction of sp³-hybridized carbons (Fsp3) is 0.455.